The van der Waals surface area contributed by atoms with Gasteiger partial charge in [0, 0.05) is 42.0 Å². The molecule has 0 N–H and O–H groups in total. The maximum atomic E-state index is 10.7. The molecule has 5 heterocycles. The Morgan fingerprint density at radius 2 is 1.08 bits per heavy atom. The number of hydrogen-bond acceptors (Lipinski definition) is 3. The van der Waals surface area contributed by atoms with Crippen LogP contribution in [0.1, 0.15) is 115 Å². The van der Waals surface area contributed by atoms with E-state index in [0.717, 1.165) is 62.1 Å². The number of aryl methyl sites for hydroxylation is 2. The van der Waals surface area contributed by atoms with Crippen molar-refractivity contribution in [2.75, 3.05) is 0 Å². The monoisotopic (exact) mass is 1360 g/mol. The van der Waals surface area contributed by atoms with Gasteiger partial charge in [0.25, 0.3) is 6.33 Å². The van der Waals surface area contributed by atoms with Gasteiger partial charge in [0.15, 0.2) is 0 Å². The number of pyridine rings is 1. The molecule has 0 fully saturated rings. The normalized spacial score (nSPS) is 16.5. The lowest BCUT2D eigenvalue weighted by atomic mass is 9.62. The zero-order valence-corrected chi connectivity index (χ0v) is 58.1. The van der Waals surface area contributed by atoms with E-state index in [9.17, 15) is 17.8 Å². The third-order valence-corrected chi connectivity index (χ3v) is 21.3. The molecule has 0 bridgehead atoms. The summed E-state index contributed by atoms with van der Waals surface area (Å²) in [6.07, 6.45) is 7.34. The molecule has 1 aliphatic carbocycles. The number of nitrogens with zero attached hydrogens (tertiary/aromatic N) is 4. The van der Waals surface area contributed by atoms with Crippen LogP contribution in [0.15, 0.2) is 289 Å². The molecule has 6 nitrogen and oxygen atoms in total. The van der Waals surface area contributed by atoms with Gasteiger partial charge >= 0.3 is 0 Å². The van der Waals surface area contributed by atoms with Crippen molar-refractivity contribution in [3.05, 3.63) is 319 Å². The number of ether oxygens (including phenoxy) is 1. The summed E-state index contributed by atoms with van der Waals surface area (Å²) < 4.78 is 198. The van der Waals surface area contributed by atoms with E-state index in [4.69, 9.17) is 22.4 Å². The molecule has 0 spiro atoms. The van der Waals surface area contributed by atoms with Gasteiger partial charge < -0.3 is 9.15 Å². The summed E-state index contributed by atoms with van der Waals surface area (Å²) in [5.74, 6) is 1.54. The Labute approximate surface area is 634 Å². The quantitative estimate of drug-likeness (QED) is 0.107. The van der Waals surface area contributed by atoms with Gasteiger partial charge in [-0.1, -0.05) is 212 Å². The maximum Gasteiger partial charge on any atom is 0.269 e. The van der Waals surface area contributed by atoms with Crippen molar-refractivity contribution < 1.29 is 39.8 Å². The second-order valence-electron chi connectivity index (χ2n) is 29.7. The smallest absolute Gasteiger partial charge is 0.269 e. The van der Waals surface area contributed by atoms with E-state index < -0.39 is 125 Å². The van der Waals surface area contributed by atoms with Crippen LogP contribution in [-0.2, 0) is 16.2 Å². The molecule has 0 radical (unpaired) electrons. The molecule has 6 heteroatoms. The second kappa shape index (κ2) is 23.7. The van der Waals surface area contributed by atoms with Crippen molar-refractivity contribution in [2.24, 2.45) is 0 Å². The standard InChI is InChI=1S/C98H78N4O2/c1-60-24-22-25-61(2)93(60)69-51-79(64-38-41-91-82(49-64)78-35-19-21-37-90(78)104-91)94-84(52-69)81-58-86-85(97(6,7)43-44-98(86,8)9)57-80(81)74-32-16-17-33-75(74)83-50-68(67-47-65(62-26-12-10-13-27-62)46-66(48-67)63-28-14-11-15-29-63)53-89-95(83)101(94)59-100(89)71-30-23-31-72(55-71)103-73-39-40-77-76-34-18-20-36-87(76)102(88(77)56-73)92-54-70(42-45-99-92)96(3,4)5/h10-42,45-58H,43-44H2,1-9H3/i1D3,2D3,10D,11D,12D,13D,14D,15D,26D,27D,28D,29D,46D,47D,48D. The molecule has 4 aromatic heterocycles. The number of benzene rings is 13. The highest BCUT2D eigenvalue weighted by atomic mass is 16.5. The van der Waals surface area contributed by atoms with Crippen LogP contribution in [0.25, 0.3) is 161 Å². The zero-order chi connectivity index (χ0) is 86.8. The molecule has 13 aromatic carbocycles. The first-order chi connectivity index (χ1) is 58.3. The predicted octanol–water partition coefficient (Wildman–Crippen LogP) is 25.8. The molecule has 0 saturated heterocycles. The lowest BCUT2D eigenvalue weighted by molar-refractivity contribution is -0.570. The fourth-order valence-corrected chi connectivity index (χ4v) is 15.9. The van der Waals surface area contributed by atoms with Gasteiger partial charge in [-0.3, -0.25) is 13.7 Å². The van der Waals surface area contributed by atoms with Crippen molar-refractivity contribution >= 4 is 54.8 Å². The number of aromatic nitrogens is 4. The van der Waals surface area contributed by atoms with E-state index in [2.05, 4.69) is 89.7 Å². The van der Waals surface area contributed by atoms with Gasteiger partial charge in [-0.2, -0.15) is 0 Å². The minimum absolute atomic E-state index is 0.00901. The molecular formula is C98H78N4O2. The summed E-state index contributed by atoms with van der Waals surface area (Å²) in [6.45, 7) is 9.67. The highest BCUT2D eigenvalue weighted by Crippen LogP contribution is 2.54. The molecule has 1 aliphatic heterocycles. The van der Waals surface area contributed by atoms with Gasteiger partial charge in [-0.05, 0) is 269 Å². The molecule has 502 valence electrons. The number of rotatable bonds is 9. The van der Waals surface area contributed by atoms with Gasteiger partial charge in [0.05, 0.1) is 51.3 Å². The fourth-order valence-electron chi connectivity index (χ4n) is 15.9. The zero-order valence-electron chi connectivity index (χ0n) is 77.1. The molecule has 0 unspecified atom stereocenters. The molecule has 17 aromatic rings. The van der Waals surface area contributed by atoms with Crippen molar-refractivity contribution in [3.8, 4) is 118 Å². The summed E-state index contributed by atoms with van der Waals surface area (Å²) in [4.78, 5) is 4.94. The number of para-hydroxylation sites is 2. The Kier molecular flexibility index (Phi) is 10.4. The second-order valence-corrected chi connectivity index (χ2v) is 29.7. The Morgan fingerprint density at radius 3 is 1.79 bits per heavy atom. The van der Waals surface area contributed by atoms with E-state index in [1.54, 1.807) is 16.7 Å². The van der Waals surface area contributed by atoms with Crippen LogP contribution in [0.4, 0.5) is 0 Å². The SMILES string of the molecule is [2H]c1c([2H])c([2H])c(-c2c([2H])c(-c3cc4c5c(c3)n(-c3cccc(Oc6ccc7c8ccccc8n(-c8cc(C(C)(C)C)ccn8)c7c6)c3)[c-][n+]5-c3c(-c5ccc6oc7ccccc7c6c5)cc(-c5c(C([2H])([2H])[2H])cccc5C([2H])([2H])[2H])cc3-c3cc5c(cc3-c3ccccc3-4)C(C)(C)CCC5(C)C)c([2H])c(-c3c([2H])c([2H])c([2H])c([2H])c3[2H])c2[2H])c([2H])c1[2H]. The van der Waals surface area contributed by atoms with Gasteiger partial charge in [0.2, 0.25) is 0 Å². The summed E-state index contributed by atoms with van der Waals surface area (Å²) in [7, 11) is 0. The van der Waals surface area contributed by atoms with E-state index in [1.165, 1.54) is 18.2 Å². The minimum atomic E-state index is -2.86. The maximum absolute atomic E-state index is 10.7. The van der Waals surface area contributed by atoms with E-state index >= 15 is 0 Å². The summed E-state index contributed by atoms with van der Waals surface area (Å²) in [5.41, 5.74) is 8.55. The van der Waals surface area contributed by atoms with Gasteiger partial charge in [-0.15, -0.1) is 0 Å². The number of fused-ring (bicyclic) bond motifs is 14. The third-order valence-electron chi connectivity index (χ3n) is 21.3. The van der Waals surface area contributed by atoms with Crippen molar-refractivity contribution in [1.82, 2.24) is 14.1 Å². The lowest BCUT2D eigenvalue weighted by Crippen LogP contribution is -2.34. The van der Waals surface area contributed by atoms with E-state index in [1.807, 2.05) is 150 Å². The van der Waals surface area contributed by atoms with Crippen LogP contribution >= 0.6 is 0 Å². The van der Waals surface area contributed by atoms with Crippen LogP contribution in [0, 0.1) is 20.0 Å². The number of furan rings is 1. The largest absolute Gasteiger partial charge is 0.458 e. The Balaban J connectivity index is 0.987. The molecule has 0 amide bonds. The van der Waals surface area contributed by atoms with Crippen LogP contribution in [0.2, 0.25) is 0 Å². The molecule has 19 rings (SSSR count). The van der Waals surface area contributed by atoms with Gasteiger partial charge in [0.1, 0.15) is 28.5 Å². The average Bonchev–Trinajstić information content (AvgIpc) is 1.70. The minimum Gasteiger partial charge on any atom is -0.458 e. The van der Waals surface area contributed by atoms with Crippen LogP contribution in [0.3, 0.4) is 0 Å². The van der Waals surface area contributed by atoms with Crippen LogP contribution in [0.5, 0.6) is 11.5 Å². The van der Waals surface area contributed by atoms with E-state index in [-0.39, 0.29) is 38.8 Å². The highest BCUT2D eigenvalue weighted by molar-refractivity contribution is 6.11. The molecule has 0 atom stereocenters. The highest BCUT2D eigenvalue weighted by Gasteiger charge is 2.40. The molecule has 0 saturated carbocycles. The Morgan fingerprint density at radius 1 is 0.471 bits per heavy atom. The van der Waals surface area contributed by atoms with E-state index in [0.29, 0.717) is 95.4 Å². The van der Waals surface area contributed by atoms with Crippen molar-refractivity contribution in [1.29, 1.82) is 0 Å². The lowest BCUT2D eigenvalue weighted by Gasteiger charge is -2.42. The Bertz CT molecular complexity index is 7300. The summed E-state index contributed by atoms with van der Waals surface area (Å²) >= 11 is 0. The molecular weight excluding hydrogens is 1270 g/mol. The van der Waals surface area contributed by atoms with Crippen molar-refractivity contribution in [2.45, 2.75) is 91.3 Å². The fraction of sp³-hybridized carbons (Fsp3) is 0.143. The number of hydrogen-bond donors (Lipinski definition) is 0. The third kappa shape index (κ3) is 10.4. The van der Waals surface area contributed by atoms with Crippen LogP contribution < -0.4 is 9.30 Å². The van der Waals surface area contributed by atoms with Gasteiger partial charge in [-0.25, -0.2) is 4.98 Å². The predicted molar refractivity (Wildman–Crippen MR) is 430 cm³/mol. The summed E-state index contributed by atoms with van der Waals surface area (Å²) in [6, 6.07) is 52.7. The molecule has 2 aliphatic rings. The average molecular weight is 1360 g/mol. The Hall–Kier alpha value is -12.1. The topological polar surface area (TPSA) is 49.0 Å². The first-order valence-corrected chi connectivity index (χ1v) is 35.0. The molecule has 104 heavy (non-hydrogen) atoms. The van der Waals surface area contributed by atoms with Crippen molar-refractivity contribution in [3.63, 3.8) is 0 Å². The number of imidazole rings is 1. The first kappa shape index (κ1) is 45.7. The first-order valence-electron chi connectivity index (χ1n) is 44.5. The summed E-state index contributed by atoms with van der Waals surface area (Å²) in [5, 5.41) is 3.48. The van der Waals surface area contributed by atoms with Crippen LogP contribution in [-0.4, -0.2) is 14.1 Å².